The standard InChI is InChI=1S/C17H19FN2/c1-12(13-5-3-2-4-6-13)20-11-14-7-8-15(18)9-16(14)17(20)10-19/h2-9,12,17H,10-11,19H2,1H3. The van der Waals surface area contributed by atoms with Crippen molar-refractivity contribution < 1.29 is 4.39 Å². The molecule has 0 saturated carbocycles. The molecule has 0 amide bonds. The SMILES string of the molecule is CC(c1ccccc1)N1Cc2ccc(F)cc2C1CN. The molecule has 0 radical (unpaired) electrons. The summed E-state index contributed by atoms with van der Waals surface area (Å²) in [6, 6.07) is 15.8. The second-order valence-corrected chi connectivity index (χ2v) is 5.35. The minimum Gasteiger partial charge on any atom is -0.329 e. The van der Waals surface area contributed by atoms with E-state index in [1.807, 2.05) is 24.3 Å². The Hall–Kier alpha value is -1.71. The lowest BCUT2D eigenvalue weighted by Gasteiger charge is -2.30. The average molecular weight is 270 g/mol. The Morgan fingerprint density at radius 3 is 2.70 bits per heavy atom. The minimum absolute atomic E-state index is 0.0934. The molecule has 0 saturated heterocycles. The summed E-state index contributed by atoms with van der Waals surface area (Å²) >= 11 is 0. The van der Waals surface area contributed by atoms with Gasteiger partial charge in [0, 0.05) is 25.2 Å². The molecule has 20 heavy (non-hydrogen) atoms. The molecule has 2 aromatic carbocycles. The van der Waals surface area contributed by atoms with Crippen LogP contribution < -0.4 is 5.73 Å². The molecule has 0 aliphatic carbocycles. The quantitative estimate of drug-likeness (QED) is 0.926. The van der Waals surface area contributed by atoms with Crippen molar-refractivity contribution in [1.29, 1.82) is 0 Å². The summed E-state index contributed by atoms with van der Waals surface area (Å²) in [7, 11) is 0. The topological polar surface area (TPSA) is 29.3 Å². The Kier molecular flexibility index (Phi) is 3.55. The predicted molar refractivity (Wildman–Crippen MR) is 78.6 cm³/mol. The highest BCUT2D eigenvalue weighted by molar-refractivity contribution is 5.36. The summed E-state index contributed by atoms with van der Waals surface area (Å²) < 4.78 is 13.5. The van der Waals surface area contributed by atoms with Gasteiger partial charge in [-0.2, -0.15) is 0 Å². The molecule has 2 unspecified atom stereocenters. The molecule has 104 valence electrons. The minimum atomic E-state index is -0.184. The van der Waals surface area contributed by atoms with E-state index in [1.54, 1.807) is 6.07 Å². The highest BCUT2D eigenvalue weighted by Crippen LogP contribution is 2.39. The zero-order valence-corrected chi connectivity index (χ0v) is 11.6. The second kappa shape index (κ2) is 5.35. The van der Waals surface area contributed by atoms with E-state index in [1.165, 1.54) is 17.2 Å². The van der Waals surface area contributed by atoms with Crippen LogP contribution in [-0.2, 0) is 6.54 Å². The molecule has 3 rings (SSSR count). The summed E-state index contributed by atoms with van der Waals surface area (Å²) in [4.78, 5) is 2.35. The number of fused-ring (bicyclic) bond motifs is 1. The molecule has 0 aromatic heterocycles. The highest BCUT2D eigenvalue weighted by Gasteiger charge is 2.32. The van der Waals surface area contributed by atoms with E-state index in [0.29, 0.717) is 6.54 Å². The number of nitrogens with zero attached hydrogens (tertiary/aromatic N) is 1. The van der Waals surface area contributed by atoms with E-state index in [9.17, 15) is 4.39 Å². The van der Waals surface area contributed by atoms with Crippen LogP contribution in [0.2, 0.25) is 0 Å². The van der Waals surface area contributed by atoms with Crippen molar-refractivity contribution in [2.75, 3.05) is 6.54 Å². The lowest BCUT2D eigenvalue weighted by molar-refractivity contribution is 0.161. The molecular weight excluding hydrogens is 251 g/mol. The maximum Gasteiger partial charge on any atom is 0.123 e. The number of hydrogen-bond donors (Lipinski definition) is 1. The van der Waals surface area contributed by atoms with Gasteiger partial charge in [-0.05, 0) is 35.7 Å². The van der Waals surface area contributed by atoms with Crippen LogP contribution in [0.4, 0.5) is 4.39 Å². The van der Waals surface area contributed by atoms with Gasteiger partial charge in [0.05, 0.1) is 0 Å². The predicted octanol–water partition coefficient (Wildman–Crippen LogP) is 3.40. The van der Waals surface area contributed by atoms with E-state index < -0.39 is 0 Å². The maximum absolute atomic E-state index is 13.5. The maximum atomic E-state index is 13.5. The normalized spacial score (nSPS) is 19.9. The zero-order valence-electron chi connectivity index (χ0n) is 11.6. The van der Waals surface area contributed by atoms with Crippen LogP contribution in [0.15, 0.2) is 48.5 Å². The van der Waals surface area contributed by atoms with E-state index in [-0.39, 0.29) is 17.9 Å². The Bertz CT molecular complexity index is 597. The van der Waals surface area contributed by atoms with Gasteiger partial charge in [0.1, 0.15) is 5.82 Å². The summed E-state index contributed by atoms with van der Waals surface area (Å²) in [5.74, 6) is -0.184. The van der Waals surface area contributed by atoms with Gasteiger partial charge < -0.3 is 5.73 Å². The van der Waals surface area contributed by atoms with Gasteiger partial charge in [-0.1, -0.05) is 36.4 Å². The third kappa shape index (κ3) is 2.23. The number of nitrogens with two attached hydrogens (primary N) is 1. The summed E-state index contributed by atoms with van der Waals surface area (Å²) in [5.41, 5.74) is 9.43. The smallest absolute Gasteiger partial charge is 0.123 e. The first-order valence-electron chi connectivity index (χ1n) is 7.00. The first kappa shape index (κ1) is 13.3. The van der Waals surface area contributed by atoms with Gasteiger partial charge in [0.25, 0.3) is 0 Å². The van der Waals surface area contributed by atoms with Gasteiger partial charge >= 0.3 is 0 Å². The lowest BCUT2D eigenvalue weighted by atomic mass is 10.0. The fourth-order valence-electron chi connectivity index (χ4n) is 3.10. The van der Waals surface area contributed by atoms with Crippen molar-refractivity contribution in [2.45, 2.75) is 25.6 Å². The fraction of sp³-hybridized carbons (Fsp3) is 0.294. The van der Waals surface area contributed by atoms with E-state index >= 15 is 0 Å². The fourth-order valence-corrected chi connectivity index (χ4v) is 3.10. The van der Waals surface area contributed by atoms with Crippen LogP contribution in [-0.4, -0.2) is 11.4 Å². The average Bonchev–Trinajstić information content (AvgIpc) is 2.85. The Morgan fingerprint density at radius 2 is 2.00 bits per heavy atom. The second-order valence-electron chi connectivity index (χ2n) is 5.35. The van der Waals surface area contributed by atoms with Crippen LogP contribution >= 0.6 is 0 Å². The molecular formula is C17H19FN2. The Balaban J connectivity index is 1.93. The lowest BCUT2D eigenvalue weighted by Crippen LogP contribution is -2.30. The monoisotopic (exact) mass is 270 g/mol. The van der Waals surface area contributed by atoms with Crippen molar-refractivity contribution in [2.24, 2.45) is 5.73 Å². The van der Waals surface area contributed by atoms with Gasteiger partial charge in [0.15, 0.2) is 0 Å². The summed E-state index contributed by atoms with van der Waals surface area (Å²) in [6.45, 7) is 3.52. The molecule has 3 heteroatoms. The van der Waals surface area contributed by atoms with Gasteiger partial charge in [-0.15, -0.1) is 0 Å². The molecule has 1 aliphatic rings. The molecule has 2 N–H and O–H groups in total. The molecule has 0 spiro atoms. The number of rotatable bonds is 3. The molecule has 1 heterocycles. The molecule has 1 aliphatic heterocycles. The van der Waals surface area contributed by atoms with Crippen molar-refractivity contribution in [3.8, 4) is 0 Å². The Labute approximate surface area is 119 Å². The van der Waals surface area contributed by atoms with Crippen LogP contribution in [0.25, 0.3) is 0 Å². The summed E-state index contributed by atoms with van der Waals surface area (Å²) in [5, 5.41) is 0. The zero-order chi connectivity index (χ0) is 14.1. The Morgan fingerprint density at radius 1 is 1.25 bits per heavy atom. The van der Waals surface area contributed by atoms with Crippen molar-refractivity contribution in [3.05, 3.63) is 71.0 Å². The van der Waals surface area contributed by atoms with Crippen LogP contribution in [0.3, 0.4) is 0 Å². The van der Waals surface area contributed by atoms with Crippen molar-refractivity contribution >= 4 is 0 Å². The highest BCUT2D eigenvalue weighted by atomic mass is 19.1. The van der Waals surface area contributed by atoms with E-state index in [4.69, 9.17) is 5.73 Å². The first-order chi connectivity index (χ1) is 9.70. The third-order valence-electron chi connectivity index (χ3n) is 4.22. The van der Waals surface area contributed by atoms with Crippen LogP contribution in [0.1, 0.15) is 35.7 Å². The van der Waals surface area contributed by atoms with E-state index in [2.05, 4.69) is 24.0 Å². The molecule has 2 nitrogen and oxygen atoms in total. The van der Waals surface area contributed by atoms with Crippen molar-refractivity contribution in [3.63, 3.8) is 0 Å². The van der Waals surface area contributed by atoms with Gasteiger partial charge in [-0.3, -0.25) is 4.90 Å². The largest absolute Gasteiger partial charge is 0.329 e. The van der Waals surface area contributed by atoms with Crippen LogP contribution in [0.5, 0.6) is 0 Å². The molecule has 0 bridgehead atoms. The number of benzene rings is 2. The molecule has 2 atom stereocenters. The summed E-state index contributed by atoms with van der Waals surface area (Å²) in [6.07, 6.45) is 0. The first-order valence-corrected chi connectivity index (χ1v) is 7.00. The van der Waals surface area contributed by atoms with Crippen molar-refractivity contribution in [1.82, 2.24) is 4.90 Å². The van der Waals surface area contributed by atoms with Crippen LogP contribution in [0, 0.1) is 5.82 Å². The van der Waals surface area contributed by atoms with E-state index in [0.717, 1.165) is 12.1 Å². The third-order valence-corrected chi connectivity index (χ3v) is 4.22. The van der Waals surface area contributed by atoms with Gasteiger partial charge in [0.2, 0.25) is 0 Å². The number of hydrogen-bond acceptors (Lipinski definition) is 2. The van der Waals surface area contributed by atoms with Gasteiger partial charge in [-0.25, -0.2) is 4.39 Å². The molecule has 2 aromatic rings. The molecule has 0 fully saturated rings. The number of halogens is 1.